The molecule has 0 aliphatic carbocycles. The molecule has 0 bridgehead atoms. The SMILES string of the molecule is Cc1cn2cc(NC(=O)N3CCc4c(N5CCN(C(=O)OC(C)(C)C)[C@H](C(C)C)C5)ccnc43)c(F)cc2n1. The molecule has 0 aromatic carbocycles. The van der Waals surface area contributed by atoms with Crippen molar-refractivity contribution in [1.82, 2.24) is 19.3 Å². The number of nitrogens with zero attached hydrogens (tertiary/aromatic N) is 6. The van der Waals surface area contributed by atoms with Crippen LogP contribution in [-0.4, -0.2) is 69.2 Å². The number of halogens is 1. The Morgan fingerprint density at radius 1 is 1.18 bits per heavy atom. The van der Waals surface area contributed by atoms with E-state index in [2.05, 4.69) is 34.0 Å². The highest BCUT2D eigenvalue weighted by Gasteiger charge is 2.37. The van der Waals surface area contributed by atoms with Gasteiger partial charge in [-0.1, -0.05) is 13.8 Å². The number of nitrogens with one attached hydrogen (secondary N) is 1. The van der Waals surface area contributed by atoms with E-state index >= 15 is 0 Å². The molecule has 208 valence electrons. The lowest BCUT2D eigenvalue weighted by Gasteiger charge is -2.44. The van der Waals surface area contributed by atoms with Gasteiger partial charge < -0.3 is 24.3 Å². The van der Waals surface area contributed by atoms with Gasteiger partial charge in [0.25, 0.3) is 0 Å². The maximum Gasteiger partial charge on any atom is 0.410 e. The van der Waals surface area contributed by atoms with Crippen LogP contribution < -0.4 is 15.1 Å². The summed E-state index contributed by atoms with van der Waals surface area (Å²) in [6.07, 6.45) is 5.34. The minimum atomic E-state index is -0.557. The molecule has 5 heterocycles. The maximum atomic E-state index is 14.7. The molecule has 1 fully saturated rings. The maximum absolute atomic E-state index is 14.7. The fourth-order valence-electron chi connectivity index (χ4n) is 5.33. The zero-order chi connectivity index (χ0) is 28.1. The van der Waals surface area contributed by atoms with Gasteiger partial charge in [-0.25, -0.2) is 23.9 Å². The molecular formula is C28H36FN7O3. The average Bonchev–Trinajstić information content (AvgIpc) is 3.45. The summed E-state index contributed by atoms with van der Waals surface area (Å²) in [6, 6.07) is 2.81. The summed E-state index contributed by atoms with van der Waals surface area (Å²) < 4.78 is 22.1. The number of urea groups is 1. The van der Waals surface area contributed by atoms with Gasteiger partial charge in [-0.3, -0.25) is 4.90 Å². The molecule has 2 aliphatic heterocycles. The normalized spacial score (nSPS) is 17.6. The Morgan fingerprint density at radius 3 is 2.67 bits per heavy atom. The van der Waals surface area contributed by atoms with Gasteiger partial charge in [0.1, 0.15) is 17.1 Å². The van der Waals surface area contributed by atoms with E-state index in [0.717, 1.165) is 16.9 Å². The van der Waals surface area contributed by atoms with Crippen LogP contribution >= 0.6 is 0 Å². The van der Waals surface area contributed by atoms with E-state index in [1.807, 2.05) is 38.7 Å². The largest absolute Gasteiger partial charge is 0.444 e. The van der Waals surface area contributed by atoms with Crippen molar-refractivity contribution in [2.45, 2.75) is 59.6 Å². The number of imidazole rings is 1. The van der Waals surface area contributed by atoms with E-state index < -0.39 is 17.4 Å². The average molecular weight is 538 g/mol. The second-order valence-electron chi connectivity index (χ2n) is 11.6. The topological polar surface area (TPSA) is 95.3 Å². The number of pyridine rings is 2. The van der Waals surface area contributed by atoms with Crippen LogP contribution in [0.3, 0.4) is 0 Å². The van der Waals surface area contributed by atoms with E-state index in [0.29, 0.717) is 44.1 Å². The van der Waals surface area contributed by atoms with E-state index in [9.17, 15) is 14.0 Å². The minimum absolute atomic E-state index is 0.0251. The van der Waals surface area contributed by atoms with Crippen LogP contribution in [0.25, 0.3) is 5.65 Å². The Morgan fingerprint density at radius 2 is 1.95 bits per heavy atom. The summed E-state index contributed by atoms with van der Waals surface area (Å²) in [7, 11) is 0. The van der Waals surface area contributed by atoms with Gasteiger partial charge in [0, 0.05) is 62.1 Å². The molecule has 1 saturated heterocycles. The van der Waals surface area contributed by atoms with Gasteiger partial charge in [0.05, 0.1) is 17.4 Å². The van der Waals surface area contributed by atoms with E-state index in [1.54, 1.807) is 21.7 Å². The number of hydrogen-bond acceptors (Lipinski definition) is 6. The second kappa shape index (κ2) is 10.0. The highest BCUT2D eigenvalue weighted by Crippen LogP contribution is 2.36. The van der Waals surface area contributed by atoms with Gasteiger partial charge in [0.2, 0.25) is 0 Å². The molecular weight excluding hydrogens is 501 g/mol. The summed E-state index contributed by atoms with van der Waals surface area (Å²) in [5.41, 5.74) is 2.74. The van der Waals surface area contributed by atoms with E-state index in [1.165, 1.54) is 12.3 Å². The number of amides is 3. The molecule has 3 amide bonds. The van der Waals surface area contributed by atoms with Crippen LogP contribution in [-0.2, 0) is 11.2 Å². The van der Waals surface area contributed by atoms with Crippen molar-refractivity contribution < 1.29 is 18.7 Å². The zero-order valence-electron chi connectivity index (χ0n) is 23.4. The fraction of sp³-hybridized carbons (Fsp3) is 0.500. The molecule has 0 spiro atoms. The smallest absolute Gasteiger partial charge is 0.410 e. The standard InChI is InChI=1S/C28H36FN7O3/c1-17(2)23-16-33(11-12-35(23)27(38)39-28(4,5)6)22-7-9-30-25-19(22)8-10-36(25)26(37)32-21-15-34-14-18(3)31-24(34)13-20(21)29/h7,9,13-15,17,23H,8,10-12,16H2,1-6H3,(H,32,37)/t23-/m0/s1. The first-order chi connectivity index (χ1) is 18.4. The number of rotatable bonds is 3. The lowest BCUT2D eigenvalue weighted by atomic mass is 9.99. The Bertz CT molecular complexity index is 1410. The lowest BCUT2D eigenvalue weighted by molar-refractivity contribution is 0.00882. The van der Waals surface area contributed by atoms with Crippen LogP contribution in [0.2, 0.25) is 0 Å². The van der Waals surface area contributed by atoms with E-state index in [-0.39, 0.29) is 23.7 Å². The second-order valence-corrected chi connectivity index (χ2v) is 11.6. The van der Waals surface area contributed by atoms with Gasteiger partial charge >= 0.3 is 12.1 Å². The number of aromatic nitrogens is 3. The van der Waals surface area contributed by atoms with Crippen molar-refractivity contribution in [3.05, 3.63) is 47.8 Å². The Hall–Kier alpha value is -3.89. The molecule has 39 heavy (non-hydrogen) atoms. The highest BCUT2D eigenvalue weighted by molar-refractivity contribution is 6.03. The Kier molecular flexibility index (Phi) is 6.86. The van der Waals surface area contributed by atoms with Crippen LogP contribution in [0, 0.1) is 18.7 Å². The molecule has 1 N–H and O–H groups in total. The Balaban J connectivity index is 1.34. The van der Waals surface area contributed by atoms with Gasteiger partial charge in [-0.15, -0.1) is 0 Å². The molecule has 2 aliphatic rings. The van der Waals surface area contributed by atoms with Crippen molar-refractivity contribution >= 4 is 35.0 Å². The van der Waals surface area contributed by atoms with Crippen molar-refractivity contribution in [1.29, 1.82) is 0 Å². The molecule has 3 aromatic rings. The number of aryl methyl sites for hydroxylation is 1. The van der Waals surface area contributed by atoms with Crippen molar-refractivity contribution in [2.75, 3.05) is 41.3 Å². The highest BCUT2D eigenvalue weighted by atomic mass is 19.1. The fourth-order valence-corrected chi connectivity index (χ4v) is 5.33. The Labute approximate surface area is 227 Å². The minimum Gasteiger partial charge on any atom is -0.444 e. The third-order valence-electron chi connectivity index (χ3n) is 7.16. The number of hydrogen-bond donors (Lipinski definition) is 1. The van der Waals surface area contributed by atoms with Crippen LogP contribution in [0.5, 0.6) is 0 Å². The quantitative estimate of drug-likeness (QED) is 0.513. The summed E-state index contributed by atoms with van der Waals surface area (Å²) in [4.78, 5) is 40.6. The molecule has 0 radical (unpaired) electrons. The number of ether oxygens (including phenoxy) is 1. The molecule has 0 saturated carbocycles. The summed E-state index contributed by atoms with van der Waals surface area (Å²) >= 11 is 0. The van der Waals surface area contributed by atoms with Crippen molar-refractivity contribution in [3.8, 4) is 0 Å². The molecule has 3 aromatic heterocycles. The predicted octanol–water partition coefficient (Wildman–Crippen LogP) is 4.85. The summed E-state index contributed by atoms with van der Waals surface area (Å²) in [5.74, 6) is 0.245. The number of carbonyl (C=O) groups excluding carboxylic acids is 2. The summed E-state index contributed by atoms with van der Waals surface area (Å²) in [5, 5.41) is 2.70. The molecule has 0 unspecified atom stereocenters. The number of carbonyl (C=O) groups is 2. The molecule has 10 nitrogen and oxygen atoms in total. The first kappa shape index (κ1) is 26.7. The predicted molar refractivity (Wildman–Crippen MR) is 148 cm³/mol. The first-order valence-electron chi connectivity index (χ1n) is 13.4. The van der Waals surface area contributed by atoms with E-state index in [4.69, 9.17) is 4.74 Å². The summed E-state index contributed by atoms with van der Waals surface area (Å²) in [6.45, 7) is 13.9. The lowest BCUT2D eigenvalue weighted by Crippen LogP contribution is -2.58. The first-order valence-corrected chi connectivity index (χ1v) is 13.4. The monoisotopic (exact) mass is 537 g/mol. The van der Waals surface area contributed by atoms with Gasteiger partial charge in [-0.2, -0.15) is 0 Å². The van der Waals surface area contributed by atoms with Crippen molar-refractivity contribution in [3.63, 3.8) is 0 Å². The van der Waals surface area contributed by atoms with Gasteiger partial charge in [-0.05, 0) is 46.1 Å². The molecule has 11 heteroatoms. The van der Waals surface area contributed by atoms with Crippen LogP contribution in [0.15, 0.2) is 30.7 Å². The van der Waals surface area contributed by atoms with Crippen LogP contribution in [0.1, 0.15) is 45.9 Å². The third kappa shape index (κ3) is 5.35. The number of fused-ring (bicyclic) bond motifs is 2. The third-order valence-corrected chi connectivity index (χ3v) is 7.16. The van der Waals surface area contributed by atoms with Gasteiger partial charge in [0.15, 0.2) is 5.82 Å². The number of piperazine rings is 1. The van der Waals surface area contributed by atoms with Crippen molar-refractivity contribution in [2.24, 2.45) is 5.92 Å². The number of anilines is 3. The molecule has 5 rings (SSSR count). The zero-order valence-corrected chi connectivity index (χ0v) is 23.4. The van der Waals surface area contributed by atoms with Crippen LogP contribution in [0.4, 0.5) is 31.2 Å². The molecule has 1 atom stereocenters.